The highest BCUT2D eigenvalue weighted by molar-refractivity contribution is 7.09. The summed E-state index contributed by atoms with van der Waals surface area (Å²) in [6.45, 7) is 7.69. The van der Waals surface area contributed by atoms with Crippen LogP contribution in [-0.2, 0) is 6.42 Å². The molecule has 1 N–H and O–H groups in total. The molecule has 0 bridgehead atoms. The van der Waals surface area contributed by atoms with E-state index < -0.39 is 0 Å². The molecule has 1 rings (SSSR count). The minimum atomic E-state index is -0.0171. The zero-order chi connectivity index (χ0) is 12.9. The summed E-state index contributed by atoms with van der Waals surface area (Å²) in [5.74, 6) is 0. The number of amides is 2. The van der Waals surface area contributed by atoms with Crippen LogP contribution in [-0.4, -0.2) is 36.1 Å². The lowest BCUT2D eigenvalue weighted by Gasteiger charge is -2.22. The fraction of sp³-hybridized carbons (Fsp3) is 0.667. The van der Waals surface area contributed by atoms with Crippen molar-refractivity contribution in [3.63, 3.8) is 0 Å². The Labute approximate surface area is 107 Å². The monoisotopic (exact) mass is 255 g/mol. The van der Waals surface area contributed by atoms with E-state index in [0.717, 1.165) is 11.4 Å². The van der Waals surface area contributed by atoms with E-state index in [2.05, 4.69) is 31.1 Å². The second-order valence-corrected chi connectivity index (χ2v) is 6.30. The van der Waals surface area contributed by atoms with Crippen molar-refractivity contribution >= 4 is 17.4 Å². The number of urea groups is 1. The molecule has 0 aromatic carbocycles. The Morgan fingerprint density at radius 3 is 2.76 bits per heavy atom. The Balaban J connectivity index is 2.27. The lowest BCUT2D eigenvalue weighted by molar-refractivity contribution is 0.204. The second kappa shape index (κ2) is 6.00. The summed E-state index contributed by atoms with van der Waals surface area (Å²) < 4.78 is 0. The van der Waals surface area contributed by atoms with Crippen LogP contribution in [0.1, 0.15) is 25.8 Å². The molecule has 17 heavy (non-hydrogen) atoms. The molecule has 1 aromatic heterocycles. The highest BCUT2D eigenvalue weighted by Gasteiger charge is 2.14. The van der Waals surface area contributed by atoms with E-state index in [0.29, 0.717) is 13.1 Å². The molecule has 0 spiro atoms. The molecule has 0 aliphatic heterocycles. The van der Waals surface area contributed by atoms with Crippen LogP contribution in [0.25, 0.3) is 0 Å². The number of carbonyl (C=O) groups excluding carboxylic acids is 1. The van der Waals surface area contributed by atoms with Gasteiger partial charge in [0.1, 0.15) is 0 Å². The Hall–Kier alpha value is -1.10. The summed E-state index contributed by atoms with van der Waals surface area (Å²) in [4.78, 5) is 17.6. The summed E-state index contributed by atoms with van der Waals surface area (Å²) in [7, 11) is 1.81. The molecule has 0 aliphatic rings. The van der Waals surface area contributed by atoms with Crippen LogP contribution in [0.5, 0.6) is 0 Å². The van der Waals surface area contributed by atoms with Crippen LogP contribution < -0.4 is 5.32 Å². The van der Waals surface area contributed by atoms with Crippen molar-refractivity contribution < 1.29 is 4.79 Å². The maximum atomic E-state index is 11.7. The summed E-state index contributed by atoms with van der Waals surface area (Å²) in [6.07, 6.45) is 2.61. The van der Waals surface area contributed by atoms with Gasteiger partial charge in [0, 0.05) is 38.1 Å². The topological polar surface area (TPSA) is 45.2 Å². The molecular weight excluding hydrogens is 234 g/mol. The van der Waals surface area contributed by atoms with E-state index in [1.54, 1.807) is 22.4 Å². The van der Waals surface area contributed by atoms with Gasteiger partial charge >= 0.3 is 6.03 Å². The van der Waals surface area contributed by atoms with Crippen molar-refractivity contribution in [3.05, 3.63) is 16.6 Å². The predicted octanol–water partition coefficient (Wildman–Crippen LogP) is 2.37. The zero-order valence-electron chi connectivity index (χ0n) is 11.0. The third-order valence-corrected chi connectivity index (χ3v) is 3.10. The van der Waals surface area contributed by atoms with Gasteiger partial charge in [-0.15, -0.1) is 11.3 Å². The molecule has 0 aliphatic carbocycles. The average molecular weight is 255 g/mol. The first-order chi connectivity index (χ1) is 7.88. The molecule has 96 valence electrons. The molecule has 5 heteroatoms. The number of likely N-dealkylation sites (N-methyl/N-ethyl adjacent to an activating group) is 1. The van der Waals surface area contributed by atoms with Crippen molar-refractivity contribution in [3.8, 4) is 0 Å². The summed E-state index contributed by atoms with van der Waals surface area (Å²) in [5.41, 5.74) is 0.117. The van der Waals surface area contributed by atoms with E-state index in [9.17, 15) is 4.79 Å². The van der Waals surface area contributed by atoms with E-state index in [-0.39, 0.29) is 11.4 Å². The molecular formula is C12H21N3OS. The van der Waals surface area contributed by atoms with Gasteiger partial charge in [-0.1, -0.05) is 20.8 Å². The van der Waals surface area contributed by atoms with Gasteiger partial charge in [0.2, 0.25) is 0 Å². The Bertz CT molecular complexity index is 343. The quantitative estimate of drug-likeness (QED) is 0.897. The molecule has 1 heterocycles. The lowest BCUT2D eigenvalue weighted by atomic mass is 9.97. The molecule has 0 fully saturated rings. The Morgan fingerprint density at radius 1 is 1.53 bits per heavy atom. The standard InChI is InChI=1S/C12H21N3OS/c1-12(2,3)9-14-11(16)15(4)7-5-10-13-6-8-17-10/h6,8H,5,7,9H2,1-4H3,(H,14,16). The molecule has 1 aromatic rings. The first-order valence-corrected chi connectivity index (χ1v) is 6.64. The minimum absolute atomic E-state index is 0.0171. The molecule has 2 amide bonds. The summed E-state index contributed by atoms with van der Waals surface area (Å²) >= 11 is 1.62. The van der Waals surface area contributed by atoms with Crippen molar-refractivity contribution in [1.82, 2.24) is 15.2 Å². The SMILES string of the molecule is CN(CCc1nccs1)C(=O)NCC(C)(C)C. The second-order valence-electron chi connectivity index (χ2n) is 5.32. The van der Waals surface area contributed by atoms with E-state index in [1.807, 2.05) is 12.4 Å². The van der Waals surface area contributed by atoms with Crippen LogP contribution in [0.3, 0.4) is 0 Å². The minimum Gasteiger partial charge on any atom is -0.337 e. The first kappa shape index (κ1) is 14.0. The highest BCUT2D eigenvalue weighted by Crippen LogP contribution is 2.10. The Morgan fingerprint density at radius 2 is 2.24 bits per heavy atom. The number of hydrogen-bond donors (Lipinski definition) is 1. The zero-order valence-corrected chi connectivity index (χ0v) is 11.8. The average Bonchev–Trinajstić information content (AvgIpc) is 2.74. The largest absolute Gasteiger partial charge is 0.337 e. The Kier molecular flexibility index (Phi) is 4.93. The van der Waals surface area contributed by atoms with Gasteiger partial charge < -0.3 is 10.2 Å². The van der Waals surface area contributed by atoms with Gasteiger partial charge in [-0.2, -0.15) is 0 Å². The fourth-order valence-corrected chi connectivity index (χ4v) is 1.83. The van der Waals surface area contributed by atoms with Crippen LogP contribution in [0.15, 0.2) is 11.6 Å². The van der Waals surface area contributed by atoms with E-state index in [1.165, 1.54) is 0 Å². The number of thiazole rings is 1. The maximum Gasteiger partial charge on any atom is 0.317 e. The molecule has 0 atom stereocenters. The summed E-state index contributed by atoms with van der Waals surface area (Å²) in [5, 5.41) is 5.95. The number of nitrogens with one attached hydrogen (secondary N) is 1. The number of hydrogen-bond acceptors (Lipinski definition) is 3. The van der Waals surface area contributed by atoms with Crippen LogP contribution >= 0.6 is 11.3 Å². The van der Waals surface area contributed by atoms with Crippen LogP contribution in [0.4, 0.5) is 4.79 Å². The maximum absolute atomic E-state index is 11.7. The normalized spacial score (nSPS) is 11.3. The van der Waals surface area contributed by atoms with Gasteiger partial charge in [0.25, 0.3) is 0 Å². The van der Waals surface area contributed by atoms with Gasteiger partial charge in [-0.05, 0) is 5.41 Å². The van der Waals surface area contributed by atoms with Gasteiger partial charge in [-0.3, -0.25) is 0 Å². The smallest absolute Gasteiger partial charge is 0.317 e. The molecule has 0 unspecified atom stereocenters. The van der Waals surface area contributed by atoms with Crippen molar-refractivity contribution in [2.24, 2.45) is 5.41 Å². The number of aromatic nitrogens is 1. The van der Waals surface area contributed by atoms with Crippen molar-refractivity contribution in [2.75, 3.05) is 20.1 Å². The van der Waals surface area contributed by atoms with Crippen molar-refractivity contribution in [1.29, 1.82) is 0 Å². The number of carbonyl (C=O) groups is 1. The molecule has 4 nitrogen and oxygen atoms in total. The third-order valence-electron chi connectivity index (χ3n) is 2.26. The first-order valence-electron chi connectivity index (χ1n) is 5.76. The number of rotatable bonds is 4. The predicted molar refractivity (Wildman–Crippen MR) is 71.3 cm³/mol. The van der Waals surface area contributed by atoms with Crippen LogP contribution in [0.2, 0.25) is 0 Å². The van der Waals surface area contributed by atoms with E-state index >= 15 is 0 Å². The van der Waals surface area contributed by atoms with Gasteiger partial charge in [0.15, 0.2) is 0 Å². The lowest BCUT2D eigenvalue weighted by Crippen LogP contribution is -2.41. The fourth-order valence-electron chi connectivity index (χ4n) is 1.22. The number of nitrogens with zero attached hydrogens (tertiary/aromatic N) is 2. The summed E-state index contributed by atoms with van der Waals surface area (Å²) in [6, 6.07) is -0.0171. The van der Waals surface area contributed by atoms with Gasteiger partial charge in [0.05, 0.1) is 5.01 Å². The highest BCUT2D eigenvalue weighted by atomic mass is 32.1. The molecule has 0 saturated carbocycles. The van der Waals surface area contributed by atoms with Crippen molar-refractivity contribution in [2.45, 2.75) is 27.2 Å². The van der Waals surface area contributed by atoms with E-state index in [4.69, 9.17) is 0 Å². The van der Waals surface area contributed by atoms with Gasteiger partial charge in [-0.25, -0.2) is 9.78 Å². The molecule has 0 radical (unpaired) electrons. The third kappa shape index (κ3) is 5.68. The van der Waals surface area contributed by atoms with Crippen LogP contribution in [0, 0.1) is 5.41 Å². The molecule has 0 saturated heterocycles.